The zero-order valence-corrected chi connectivity index (χ0v) is 57.8. The van der Waals surface area contributed by atoms with E-state index >= 15 is 0 Å². The number of rotatable bonds is 12. The van der Waals surface area contributed by atoms with Gasteiger partial charge in [0.1, 0.15) is 0 Å². The van der Waals surface area contributed by atoms with Gasteiger partial charge in [-0.05, 0) is 153 Å². The van der Waals surface area contributed by atoms with Crippen molar-refractivity contribution in [3.05, 3.63) is 381 Å². The average Bonchev–Trinajstić information content (AvgIpc) is 0.750. The molecule has 0 radical (unpaired) electrons. The molecule has 0 saturated heterocycles. The van der Waals surface area contributed by atoms with Gasteiger partial charge in [0, 0.05) is 67.7 Å². The van der Waals surface area contributed by atoms with Crippen LogP contribution >= 0.6 is 0 Å². The monoisotopic (exact) mass is 1350 g/mol. The zero-order chi connectivity index (χ0) is 70.3. The number of aryl methyl sites for hydroxylation is 2. The standard InChI is InChI=1S/C52H36N4.C47H29N3/c1-2-12-37(13-3-1)44-17-7-4-14-38(44)25-22-35-23-26-39(27-24-35)50-54-51(40-30-28-36(29-31-40)43-32-42-16-6-11-21-49(42)53-34-43)56-52(55-50)48-33-41-15-5-8-18-45(41)46-19-9-10-20-47(46)48;1-6-16-37-30(11-1)25-26-48-46(37)31-21-23-32(24-22-31)47-49-44(42-27-33-12-2-4-14-35(33)38-17-7-9-19-40(38)42)29-45(50-47)43-28-34-13-3-5-15-36(34)39-18-8-10-20-41(39)43/h1-21,23-24,26-34H,22,25H2;1-29H. The van der Waals surface area contributed by atoms with E-state index in [0.717, 1.165) is 107 Å². The number of nitrogens with zero attached hydrogens (tertiary/aromatic N) is 7. The van der Waals surface area contributed by atoms with E-state index in [1.807, 2.05) is 30.6 Å². The van der Waals surface area contributed by atoms with Gasteiger partial charge in [0.2, 0.25) is 0 Å². The first-order chi connectivity index (χ1) is 52.5. The Bertz CT molecular complexity index is 6610. The number of benzene rings is 16. The fourth-order valence-corrected chi connectivity index (χ4v) is 15.3. The molecule has 0 bridgehead atoms. The van der Waals surface area contributed by atoms with Crippen LogP contribution in [0.1, 0.15) is 11.1 Å². The molecule has 0 aliphatic carbocycles. The average molecular weight is 1350 g/mol. The summed E-state index contributed by atoms with van der Waals surface area (Å²) in [5.41, 5.74) is 18.1. The van der Waals surface area contributed by atoms with Gasteiger partial charge < -0.3 is 0 Å². The van der Waals surface area contributed by atoms with Crippen LogP contribution in [0.2, 0.25) is 0 Å². The maximum absolute atomic E-state index is 5.32. The highest BCUT2D eigenvalue weighted by atomic mass is 15.0. The first kappa shape index (κ1) is 63.0. The van der Waals surface area contributed by atoms with Crippen LogP contribution in [0, 0.1) is 0 Å². The molecule has 0 atom stereocenters. The van der Waals surface area contributed by atoms with Crippen LogP contribution < -0.4 is 0 Å². The van der Waals surface area contributed by atoms with Gasteiger partial charge >= 0.3 is 0 Å². The summed E-state index contributed by atoms with van der Waals surface area (Å²) in [6.07, 6.45) is 5.70. The first-order valence-corrected chi connectivity index (χ1v) is 36.0. The number of hydrogen-bond acceptors (Lipinski definition) is 7. The molecular formula is C99H65N7. The van der Waals surface area contributed by atoms with Crippen molar-refractivity contribution in [3.63, 3.8) is 0 Å². The number of pyridine rings is 2. The number of hydrogen-bond donors (Lipinski definition) is 0. The lowest BCUT2D eigenvalue weighted by molar-refractivity contribution is 0.962. The van der Waals surface area contributed by atoms with Crippen LogP contribution in [0.25, 0.3) is 188 Å². The van der Waals surface area contributed by atoms with E-state index in [0.29, 0.717) is 23.3 Å². The van der Waals surface area contributed by atoms with Gasteiger partial charge in [-0.3, -0.25) is 9.97 Å². The Morgan fingerprint density at radius 3 is 1.20 bits per heavy atom. The molecule has 106 heavy (non-hydrogen) atoms. The maximum atomic E-state index is 5.32. The van der Waals surface area contributed by atoms with E-state index < -0.39 is 0 Å². The second kappa shape index (κ2) is 27.4. The van der Waals surface area contributed by atoms with Crippen LogP contribution in [0.3, 0.4) is 0 Å². The van der Waals surface area contributed by atoms with Crippen LogP contribution in [0.5, 0.6) is 0 Å². The predicted molar refractivity (Wildman–Crippen MR) is 440 cm³/mol. The van der Waals surface area contributed by atoms with Crippen molar-refractivity contribution < 1.29 is 0 Å². The lowest BCUT2D eigenvalue weighted by Gasteiger charge is -2.15. The lowest BCUT2D eigenvalue weighted by atomic mass is 9.93. The highest BCUT2D eigenvalue weighted by Crippen LogP contribution is 2.42. The molecule has 4 heterocycles. The van der Waals surface area contributed by atoms with Gasteiger partial charge in [-0.2, -0.15) is 0 Å². The molecular weight excluding hydrogens is 1290 g/mol. The minimum atomic E-state index is 0.632. The molecule has 0 N–H and O–H groups in total. The Morgan fingerprint density at radius 2 is 0.623 bits per heavy atom. The van der Waals surface area contributed by atoms with Gasteiger partial charge in [-0.25, -0.2) is 24.9 Å². The van der Waals surface area contributed by atoms with Gasteiger partial charge in [-0.15, -0.1) is 0 Å². The van der Waals surface area contributed by atoms with Crippen molar-refractivity contribution in [1.29, 1.82) is 0 Å². The quantitative estimate of drug-likeness (QED) is 0.113. The summed E-state index contributed by atoms with van der Waals surface area (Å²) in [5.74, 6) is 2.61. The van der Waals surface area contributed by atoms with Crippen molar-refractivity contribution in [1.82, 2.24) is 34.9 Å². The Kier molecular flexibility index (Phi) is 16.3. The minimum absolute atomic E-state index is 0.632. The van der Waals surface area contributed by atoms with Crippen molar-refractivity contribution in [2.24, 2.45) is 0 Å². The number of fused-ring (bicyclic) bond motifs is 11. The van der Waals surface area contributed by atoms with Gasteiger partial charge in [0.05, 0.1) is 22.6 Å². The molecule has 0 fully saturated rings. The van der Waals surface area contributed by atoms with E-state index in [2.05, 4.69) is 340 Å². The summed E-state index contributed by atoms with van der Waals surface area (Å²) >= 11 is 0. The summed E-state index contributed by atoms with van der Waals surface area (Å²) in [5, 5.41) is 17.7. The summed E-state index contributed by atoms with van der Waals surface area (Å²) in [7, 11) is 0. The predicted octanol–water partition coefficient (Wildman–Crippen LogP) is 25.2. The van der Waals surface area contributed by atoms with Gasteiger partial charge in [0.25, 0.3) is 0 Å². The third kappa shape index (κ3) is 12.1. The Morgan fingerprint density at radius 1 is 0.208 bits per heavy atom. The Balaban J connectivity index is 0.000000146. The molecule has 7 nitrogen and oxygen atoms in total. The Labute approximate surface area is 613 Å². The third-order valence-corrected chi connectivity index (χ3v) is 20.6. The van der Waals surface area contributed by atoms with E-state index in [-0.39, 0.29) is 0 Å². The summed E-state index contributed by atoms with van der Waals surface area (Å²) in [4.78, 5) is 35.6. The molecule has 0 amide bonds. The lowest BCUT2D eigenvalue weighted by Crippen LogP contribution is -2.01. The van der Waals surface area contributed by atoms with Crippen molar-refractivity contribution in [2.45, 2.75) is 12.8 Å². The first-order valence-electron chi connectivity index (χ1n) is 36.0. The van der Waals surface area contributed by atoms with Gasteiger partial charge in [-0.1, -0.05) is 315 Å². The van der Waals surface area contributed by atoms with Crippen LogP contribution in [0.4, 0.5) is 0 Å². The number of para-hydroxylation sites is 1. The Hall–Kier alpha value is -14.0. The fourth-order valence-electron chi connectivity index (χ4n) is 15.3. The van der Waals surface area contributed by atoms with Crippen LogP contribution in [0.15, 0.2) is 370 Å². The van der Waals surface area contributed by atoms with E-state index in [1.54, 1.807) is 0 Å². The number of aromatic nitrogens is 7. The molecule has 7 heteroatoms. The maximum Gasteiger partial charge on any atom is 0.164 e. The molecule has 0 aliphatic heterocycles. The van der Waals surface area contributed by atoms with Gasteiger partial charge in [0.15, 0.2) is 23.3 Å². The van der Waals surface area contributed by atoms with Crippen molar-refractivity contribution in [2.75, 3.05) is 0 Å². The van der Waals surface area contributed by atoms with Crippen LogP contribution in [-0.2, 0) is 12.8 Å². The second-order valence-electron chi connectivity index (χ2n) is 27.0. The normalized spacial score (nSPS) is 11.5. The zero-order valence-electron chi connectivity index (χ0n) is 57.8. The molecule has 20 aromatic rings. The van der Waals surface area contributed by atoms with Crippen LogP contribution in [-0.4, -0.2) is 34.9 Å². The SMILES string of the molecule is c1ccc(-c2ccccc2CCc2ccc(-c3nc(-c4ccc(-c5cnc6ccccc6c5)cc4)nc(-c4cc5ccccc5c5ccccc45)n3)cc2)cc1.c1ccc2c(-c3ccc(-c4nc(-c5cc6ccccc6c6ccccc56)cc(-c5cc6ccccc6c6ccccc56)n4)cc3)nccc2c1. The topological polar surface area (TPSA) is 90.2 Å². The highest BCUT2D eigenvalue weighted by molar-refractivity contribution is 6.16. The summed E-state index contributed by atoms with van der Waals surface area (Å²) in [6.45, 7) is 0. The molecule has 0 saturated carbocycles. The molecule has 4 aromatic heterocycles. The smallest absolute Gasteiger partial charge is 0.164 e. The molecule has 0 spiro atoms. The van der Waals surface area contributed by atoms with Crippen molar-refractivity contribution in [3.8, 4) is 102 Å². The molecule has 16 aromatic carbocycles. The molecule has 20 rings (SSSR count). The second-order valence-corrected chi connectivity index (χ2v) is 27.0. The third-order valence-electron chi connectivity index (χ3n) is 20.6. The molecule has 0 unspecified atom stereocenters. The molecule has 0 aliphatic rings. The molecule has 496 valence electrons. The largest absolute Gasteiger partial charge is 0.256 e. The summed E-state index contributed by atoms with van der Waals surface area (Å²) in [6, 6.07) is 126. The fraction of sp³-hybridized carbons (Fsp3) is 0.0202. The highest BCUT2D eigenvalue weighted by Gasteiger charge is 2.21. The summed E-state index contributed by atoms with van der Waals surface area (Å²) < 4.78 is 0. The van der Waals surface area contributed by atoms with E-state index in [9.17, 15) is 0 Å². The van der Waals surface area contributed by atoms with E-state index in [4.69, 9.17) is 34.9 Å². The van der Waals surface area contributed by atoms with Crippen molar-refractivity contribution >= 4 is 86.3 Å². The van der Waals surface area contributed by atoms with E-state index in [1.165, 1.54) is 81.5 Å². The minimum Gasteiger partial charge on any atom is -0.256 e.